The zero-order valence-corrected chi connectivity index (χ0v) is 11.5. The third-order valence-electron chi connectivity index (χ3n) is 2.20. The number of thiazole rings is 1. The van der Waals surface area contributed by atoms with Crippen molar-refractivity contribution < 1.29 is 4.74 Å². The second kappa shape index (κ2) is 5.77. The molecule has 18 heavy (non-hydrogen) atoms. The monoisotopic (exact) mass is 264 g/mol. The van der Waals surface area contributed by atoms with Crippen molar-refractivity contribution in [3.05, 3.63) is 28.0 Å². The van der Waals surface area contributed by atoms with Crippen molar-refractivity contribution in [1.29, 1.82) is 0 Å². The summed E-state index contributed by atoms with van der Waals surface area (Å²) in [7, 11) is 0. The van der Waals surface area contributed by atoms with Crippen LogP contribution >= 0.6 is 11.3 Å². The molecule has 0 saturated carbocycles. The number of aromatic nitrogens is 3. The lowest BCUT2D eigenvalue weighted by atomic mass is 10.5. The number of nitrogens with zero attached hydrogens (tertiary/aromatic N) is 3. The van der Waals surface area contributed by atoms with Crippen LogP contribution in [0, 0.1) is 13.8 Å². The topological polar surface area (TPSA) is 59.9 Å². The Kier molecular flexibility index (Phi) is 4.09. The summed E-state index contributed by atoms with van der Waals surface area (Å²) in [5.41, 5.74) is 0. The van der Waals surface area contributed by atoms with E-state index in [2.05, 4.69) is 20.3 Å². The number of rotatable bonds is 5. The van der Waals surface area contributed by atoms with Crippen molar-refractivity contribution in [2.24, 2.45) is 0 Å². The minimum atomic E-state index is 0.599. The Morgan fingerprint density at radius 1 is 1.33 bits per heavy atom. The Bertz CT molecular complexity index is 527. The normalized spacial score (nSPS) is 10.4. The Labute approximate surface area is 110 Å². The Balaban J connectivity index is 2.04. The van der Waals surface area contributed by atoms with Gasteiger partial charge in [-0.25, -0.2) is 9.97 Å². The quantitative estimate of drug-likeness (QED) is 0.899. The fraction of sp³-hybridized carbons (Fsp3) is 0.417. The molecule has 0 aliphatic heterocycles. The Hall–Kier alpha value is -1.69. The molecule has 6 heteroatoms. The second-order valence-corrected chi connectivity index (χ2v) is 5.11. The summed E-state index contributed by atoms with van der Waals surface area (Å²) in [6, 6.07) is 1.80. The lowest BCUT2D eigenvalue weighted by molar-refractivity contribution is 0.325. The first-order chi connectivity index (χ1) is 8.67. The van der Waals surface area contributed by atoms with Crippen LogP contribution in [0.1, 0.15) is 22.6 Å². The first-order valence-corrected chi connectivity index (χ1v) is 6.62. The summed E-state index contributed by atoms with van der Waals surface area (Å²) < 4.78 is 5.38. The lowest BCUT2D eigenvalue weighted by Gasteiger charge is -2.07. The van der Waals surface area contributed by atoms with E-state index in [1.54, 1.807) is 17.4 Å². The maximum absolute atomic E-state index is 5.38. The minimum absolute atomic E-state index is 0.599. The number of nitrogens with one attached hydrogen (secondary N) is 1. The predicted molar refractivity (Wildman–Crippen MR) is 72.1 cm³/mol. The Morgan fingerprint density at radius 3 is 2.83 bits per heavy atom. The first kappa shape index (κ1) is 12.8. The molecule has 96 valence electrons. The van der Waals surface area contributed by atoms with Crippen molar-refractivity contribution in [3.8, 4) is 5.88 Å². The van der Waals surface area contributed by atoms with Crippen molar-refractivity contribution >= 4 is 17.2 Å². The third kappa shape index (κ3) is 3.40. The molecular formula is C12H16N4OS. The van der Waals surface area contributed by atoms with Gasteiger partial charge in [0, 0.05) is 17.1 Å². The van der Waals surface area contributed by atoms with Crippen molar-refractivity contribution in [2.45, 2.75) is 27.3 Å². The molecule has 0 spiro atoms. The van der Waals surface area contributed by atoms with E-state index in [9.17, 15) is 0 Å². The molecule has 1 N–H and O–H groups in total. The van der Waals surface area contributed by atoms with E-state index in [1.165, 1.54) is 4.88 Å². The molecule has 0 saturated heterocycles. The van der Waals surface area contributed by atoms with Crippen LogP contribution in [0.5, 0.6) is 5.88 Å². The molecule has 2 rings (SSSR count). The van der Waals surface area contributed by atoms with E-state index < -0.39 is 0 Å². The highest BCUT2D eigenvalue weighted by Gasteiger charge is 2.04. The van der Waals surface area contributed by atoms with Crippen LogP contribution in [-0.4, -0.2) is 21.6 Å². The third-order valence-corrected chi connectivity index (χ3v) is 3.11. The largest absolute Gasteiger partial charge is 0.478 e. The van der Waals surface area contributed by atoms with Gasteiger partial charge in [0.15, 0.2) is 0 Å². The molecule has 0 amide bonds. The fourth-order valence-corrected chi connectivity index (χ4v) is 2.23. The molecule has 0 aromatic carbocycles. The minimum Gasteiger partial charge on any atom is -0.478 e. The number of hydrogen-bond donors (Lipinski definition) is 1. The fourth-order valence-electron chi connectivity index (χ4n) is 1.50. The van der Waals surface area contributed by atoms with Gasteiger partial charge < -0.3 is 10.1 Å². The molecule has 0 bridgehead atoms. The van der Waals surface area contributed by atoms with Gasteiger partial charge in [-0.2, -0.15) is 4.98 Å². The van der Waals surface area contributed by atoms with E-state index in [0.29, 0.717) is 24.9 Å². The molecule has 0 radical (unpaired) electrons. The van der Waals surface area contributed by atoms with Crippen LogP contribution in [0.2, 0.25) is 0 Å². The highest BCUT2D eigenvalue weighted by molar-refractivity contribution is 7.11. The van der Waals surface area contributed by atoms with Crippen LogP contribution in [0.3, 0.4) is 0 Å². The highest BCUT2D eigenvalue weighted by atomic mass is 32.1. The lowest BCUT2D eigenvalue weighted by Crippen LogP contribution is -2.04. The average molecular weight is 264 g/mol. The zero-order valence-electron chi connectivity index (χ0n) is 10.7. The molecule has 2 heterocycles. The van der Waals surface area contributed by atoms with E-state index in [0.717, 1.165) is 10.8 Å². The van der Waals surface area contributed by atoms with E-state index >= 15 is 0 Å². The summed E-state index contributed by atoms with van der Waals surface area (Å²) in [6.07, 6.45) is 1.87. The maximum Gasteiger partial charge on any atom is 0.218 e. The van der Waals surface area contributed by atoms with Crippen molar-refractivity contribution in [1.82, 2.24) is 15.0 Å². The highest BCUT2D eigenvalue weighted by Crippen LogP contribution is 2.16. The van der Waals surface area contributed by atoms with Crippen LogP contribution < -0.4 is 10.1 Å². The van der Waals surface area contributed by atoms with Gasteiger partial charge in [-0.1, -0.05) is 0 Å². The SMILES string of the molecule is CCOc1cc(NCc2ncc(C)s2)nc(C)n1. The van der Waals surface area contributed by atoms with Crippen LogP contribution in [0.4, 0.5) is 5.82 Å². The van der Waals surface area contributed by atoms with Gasteiger partial charge in [0.1, 0.15) is 16.6 Å². The van der Waals surface area contributed by atoms with Gasteiger partial charge in [-0.3, -0.25) is 0 Å². The van der Waals surface area contributed by atoms with E-state index in [-0.39, 0.29) is 0 Å². The van der Waals surface area contributed by atoms with E-state index in [1.807, 2.05) is 27.0 Å². The van der Waals surface area contributed by atoms with Crippen LogP contribution in [0.15, 0.2) is 12.3 Å². The molecule has 0 unspecified atom stereocenters. The summed E-state index contributed by atoms with van der Waals surface area (Å²) in [5.74, 6) is 2.06. The Morgan fingerprint density at radius 2 is 2.17 bits per heavy atom. The van der Waals surface area contributed by atoms with Gasteiger partial charge in [0.2, 0.25) is 5.88 Å². The summed E-state index contributed by atoms with van der Waals surface area (Å²) in [5, 5.41) is 4.27. The second-order valence-electron chi connectivity index (χ2n) is 3.79. The summed E-state index contributed by atoms with van der Waals surface area (Å²) in [4.78, 5) is 14.0. The average Bonchev–Trinajstić information content (AvgIpc) is 2.72. The number of hydrogen-bond acceptors (Lipinski definition) is 6. The standard InChI is InChI=1S/C12H16N4OS/c1-4-17-11-5-10(15-9(3)16-11)13-7-12-14-6-8(2)18-12/h5-6H,4,7H2,1-3H3,(H,13,15,16). The molecule has 0 atom stereocenters. The van der Waals surface area contributed by atoms with E-state index in [4.69, 9.17) is 4.74 Å². The molecule has 0 aliphatic carbocycles. The number of aryl methyl sites for hydroxylation is 2. The first-order valence-electron chi connectivity index (χ1n) is 5.81. The molecule has 5 nitrogen and oxygen atoms in total. The predicted octanol–water partition coefficient (Wildman–Crippen LogP) is 2.56. The molecule has 0 aliphatic rings. The van der Waals surface area contributed by atoms with Crippen molar-refractivity contribution in [3.63, 3.8) is 0 Å². The van der Waals surface area contributed by atoms with Gasteiger partial charge in [-0.15, -0.1) is 11.3 Å². The number of anilines is 1. The van der Waals surface area contributed by atoms with Crippen molar-refractivity contribution in [2.75, 3.05) is 11.9 Å². The van der Waals surface area contributed by atoms with Crippen LogP contribution in [-0.2, 0) is 6.54 Å². The zero-order chi connectivity index (χ0) is 13.0. The summed E-state index contributed by atoms with van der Waals surface area (Å²) >= 11 is 1.68. The van der Waals surface area contributed by atoms with Gasteiger partial charge >= 0.3 is 0 Å². The molecular weight excluding hydrogens is 248 g/mol. The van der Waals surface area contributed by atoms with Gasteiger partial charge in [-0.05, 0) is 20.8 Å². The van der Waals surface area contributed by atoms with Gasteiger partial charge in [0.05, 0.1) is 13.2 Å². The maximum atomic E-state index is 5.38. The molecule has 2 aromatic rings. The summed E-state index contributed by atoms with van der Waals surface area (Å²) in [6.45, 7) is 7.09. The molecule has 0 fully saturated rings. The van der Waals surface area contributed by atoms with Crippen LogP contribution in [0.25, 0.3) is 0 Å². The number of ether oxygens (including phenoxy) is 1. The molecule has 2 aromatic heterocycles. The van der Waals surface area contributed by atoms with Gasteiger partial charge in [0.25, 0.3) is 0 Å². The smallest absolute Gasteiger partial charge is 0.218 e.